The highest BCUT2D eigenvalue weighted by Crippen LogP contribution is 2.51. The topological polar surface area (TPSA) is 116 Å². The minimum absolute atomic E-state index is 0.00210. The standard InChI is InChI=1S/C22H30N2O5S/c1-12(2)18(30)19(26)24-22(11-14-3-6-15(22)9-14)21(29)23-17(20(27)28)10-13-4-7-16(25)8-5-13/h4-5,7-8,12,14-15,17-18,25,30H,3,6,9-11H2,1-2H3,(H,23,29)(H,24,26)(H,27,28)/t14-,15+,17+,18+,22?/m1/s1. The second kappa shape index (κ2) is 8.88. The summed E-state index contributed by atoms with van der Waals surface area (Å²) in [5.41, 5.74) is -0.403. The number of aliphatic carboxylic acids is 1. The SMILES string of the molecule is CC(C)[C@H](S)C(=O)NC1(C(=O)N[C@@H](Cc2ccc(O)cc2)C(=O)O)C[C@@H]2CC[C@H]1C2. The molecule has 2 bridgehead atoms. The van der Waals surface area contributed by atoms with Crippen molar-refractivity contribution in [2.75, 3.05) is 0 Å². The lowest BCUT2D eigenvalue weighted by Crippen LogP contribution is -2.65. The van der Waals surface area contributed by atoms with Crippen LogP contribution >= 0.6 is 12.6 Å². The molecule has 0 saturated heterocycles. The van der Waals surface area contributed by atoms with E-state index in [1.54, 1.807) is 12.1 Å². The summed E-state index contributed by atoms with van der Waals surface area (Å²) in [7, 11) is 0. The van der Waals surface area contributed by atoms with Gasteiger partial charge in [-0.25, -0.2) is 4.79 Å². The van der Waals surface area contributed by atoms with E-state index in [9.17, 15) is 24.6 Å². The van der Waals surface area contributed by atoms with Gasteiger partial charge in [0.1, 0.15) is 17.3 Å². The molecule has 2 aliphatic rings. The first kappa shape index (κ1) is 22.5. The quantitative estimate of drug-likeness (QED) is 0.402. The molecule has 0 heterocycles. The third-order valence-corrected chi connectivity index (χ3v) is 7.31. The van der Waals surface area contributed by atoms with Crippen LogP contribution in [0.5, 0.6) is 5.75 Å². The average molecular weight is 435 g/mol. The van der Waals surface area contributed by atoms with E-state index in [1.807, 2.05) is 13.8 Å². The Kier molecular flexibility index (Phi) is 6.65. The van der Waals surface area contributed by atoms with Gasteiger partial charge in [0.15, 0.2) is 0 Å². The van der Waals surface area contributed by atoms with Crippen molar-refractivity contribution in [2.45, 2.75) is 62.8 Å². The van der Waals surface area contributed by atoms with Crippen molar-refractivity contribution in [3.8, 4) is 5.75 Å². The number of nitrogens with one attached hydrogen (secondary N) is 2. The van der Waals surface area contributed by atoms with Gasteiger partial charge in [0.05, 0.1) is 5.25 Å². The van der Waals surface area contributed by atoms with Crippen LogP contribution in [0.1, 0.15) is 45.1 Å². The largest absolute Gasteiger partial charge is 0.508 e. The van der Waals surface area contributed by atoms with Crippen molar-refractivity contribution >= 4 is 30.4 Å². The zero-order chi connectivity index (χ0) is 22.1. The maximum absolute atomic E-state index is 13.4. The van der Waals surface area contributed by atoms with Crippen molar-refractivity contribution in [1.82, 2.24) is 10.6 Å². The Balaban J connectivity index is 1.79. The van der Waals surface area contributed by atoms with Gasteiger partial charge in [-0.15, -0.1) is 0 Å². The summed E-state index contributed by atoms with van der Waals surface area (Å²) in [6.45, 7) is 3.78. The Labute approximate surface area is 182 Å². The van der Waals surface area contributed by atoms with Gasteiger partial charge in [0.2, 0.25) is 11.8 Å². The van der Waals surface area contributed by atoms with E-state index < -0.39 is 28.7 Å². The predicted molar refractivity (Wildman–Crippen MR) is 115 cm³/mol. The molecule has 0 spiro atoms. The van der Waals surface area contributed by atoms with E-state index in [2.05, 4.69) is 23.3 Å². The normalized spacial score (nSPS) is 26.9. The molecular weight excluding hydrogens is 404 g/mol. The molecule has 2 aliphatic carbocycles. The molecule has 30 heavy (non-hydrogen) atoms. The number of amides is 2. The first-order valence-electron chi connectivity index (χ1n) is 10.4. The second-order valence-electron chi connectivity index (χ2n) is 8.96. The number of benzene rings is 1. The maximum Gasteiger partial charge on any atom is 0.326 e. The van der Waals surface area contributed by atoms with Crippen LogP contribution < -0.4 is 10.6 Å². The lowest BCUT2D eigenvalue weighted by molar-refractivity contribution is -0.144. The monoisotopic (exact) mass is 434 g/mol. The van der Waals surface area contributed by atoms with E-state index in [4.69, 9.17) is 0 Å². The Morgan fingerprint density at radius 2 is 1.87 bits per heavy atom. The summed E-state index contributed by atoms with van der Waals surface area (Å²) in [4.78, 5) is 38.0. The lowest BCUT2D eigenvalue weighted by atomic mass is 9.79. The predicted octanol–water partition coefficient (Wildman–Crippen LogP) is 2.13. The summed E-state index contributed by atoms with van der Waals surface area (Å²) < 4.78 is 0. The van der Waals surface area contributed by atoms with Gasteiger partial charge >= 0.3 is 5.97 Å². The third kappa shape index (κ3) is 4.58. The molecule has 2 fully saturated rings. The van der Waals surface area contributed by atoms with Crippen molar-refractivity contribution in [2.24, 2.45) is 17.8 Å². The van der Waals surface area contributed by atoms with Gasteiger partial charge in [0.25, 0.3) is 0 Å². The minimum Gasteiger partial charge on any atom is -0.508 e. The Morgan fingerprint density at radius 1 is 1.20 bits per heavy atom. The number of hydrogen-bond donors (Lipinski definition) is 5. The fraction of sp³-hybridized carbons (Fsp3) is 0.591. The minimum atomic E-state index is -1.14. The van der Waals surface area contributed by atoms with Gasteiger partial charge in [-0.3, -0.25) is 9.59 Å². The first-order valence-corrected chi connectivity index (χ1v) is 11.0. The Bertz CT molecular complexity index is 812. The molecule has 8 heteroatoms. The number of phenols is 1. The van der Waals surface area contributed by atoms with E-state index in [1.165, 1.54) is 12.1 Å². The number of carboxylic acids is 1. The molecule has 2 amide bonds. The molecule has 1 aromatic rings. The number of phenolic OH excluding ortho intramolecular Hbond substituents is 1. The molecule has 0 radical (unpaired) electrons. The molecule has 0 aliphatic heterocycles. The van der Waals surface area contributed by atoms with Gasteiger partial charge in [-0.2, -0.15) is 12.6 Å². The molecule has 3 rings (SSSR count). The number of carboxylic acid groups (broad SMARTS) is 1. The van der Waals surface area contributed by atoms with Gasteiger partial charge < -0.3 is 20.8 Å². The highest BCUT2D eigenvalue weighted by molar-refractivity contribution is 7.81. The van der Waals surface area contributed by atoms with Crippen LogP contribution in [0, 0.1) is 17.8 Å². The van der Waals surface area contributed by atoms with Gasteiger partial charge in [0, 0.05) is 6.42 Å². The molecule has 0 aromatic heterocycles. The second-order valence-corrected chi connectivity index (χ2v) is 9.52. The number of carbonyl (C=O) groups excluding carboxylic acids is 2. The molecule has 1 aromatic carbocycles. The average Bonchev–Trinajstić information content (AvgIpc) is 3.30. The smallest absolute Gasteiger partial charge is 0.326 e. The van der Waals surface area contributed by atoms with Crippen LogP contribution in [0.25, 0.3) is 0 Å². The van der Waals surface area contributed by atoms with Crippen LogP contribution in [0.2, 0.25) is 0 Å². The van der Waals surface area contributed by atoms with Crippen LogP contribution in [-0.4, -0.2) is 44.8 Å². The summed E-state index contributed by atoms with van der Waals surface area (Å²) in [5, 5.41) is 24.2. The lowest BCUT2D eigenvalue weighted by Gasteiger charge is -2.38. The maximum atomic E-state index is 13.4. The van der Waals surface area contributed by atoms with Crippen molar-refractivity contribution in [3.63, 3.8) is 0 Å². The van der Waals surface area contributed by atoms with Crippen LogP contribution in [-0.2, 0) is 20.8 Å². The fourth-order valence-corrected chi connectivity index (χ4v) is 4.83. The molecular formula is C22H30N2O5S. The molecule has 1 unspecified atom stereocenters. The van der Waals surface area contributed by atoms with Crippen LogP contribution in [0.3, 0.4) is 0 Å². The zero-order valence-corrected chi connectivity index (χ0v) is 18.2. The third-order valence-electron chi connectivity index (χ3n) is 6.48. The number of rotatable bonds is 8. The number of fused-ring (bicyclic) bond motifs is 2. The Hall–Kier alpha value is -2.22. The summed E-state index contributed by atoms with van der Waals surface area (Å²) in [6.07, 6.45) is 3.34. The van der Waals surface area contributed by atoms with E-state index in [0.717, 1.165) is 19.3 Å². The van der Waals surface area contributed by atoms with Crippen molar-refractivity contribution in [3.05, 3.63) is 29.8 Å². The summed E-state index contributed by atoms with van der Waals surface area (Å²) >= 11 is 4.39. The van der Waals surface area contributed by atoms with Crippen LogP contribution in [0.4, 0.5) is 0 Å². The van der Waals surface area contributed by atoms with E-state index >= 15 is 0 Å². The summed E-state index contributed by atoms with van der Waals surface area (Å²) in [5.74, 6) is -1.41. The van der Waals surface area contributed by atoms with Gasteiger partial charge in [-0.1, -0.05) is 26.0 Å². The number of aromatic hydroxyl groups is 1. The molecule has 164 valence electrons. The first-order chi connectivity index (χ1) is 14.1. The van der Waals surface area contributed by atoms with Crippen molar-refractivity contribution < 1.29 is 24.6 Å². The highest BCUT2D eigenvalue weighted by atomic mass is 32.1. The van der Waals surface area contributed by atoms with E-state index in [0.29, 0.717) is 17.9 Å². The van der Waals surface area contributed by atoms with Crippen LogP contribution in [0.15, 0.2) is 24.3 Å². The summed E-state index contributed by atoms with van der Waals surface area (Å²) in [6, 6.07) is 5.08. The molecule has 7 nitrogen and oxygen atoms in total. The van der Waals surface area contributed by atoms with E-state index in [-0.39, 0.29) is 29.9 Å². The molecule has 5 atom stereocenters. The number of thiol groups is 1. The number of carbonyl (C=O) groups is 3. The molecule has 4 N–H and O–H groups in total. The molecule has 2 saturated carbocycles. The fourth-order valence-electron chi connectivity index (χ4n) is 4.77. The Morgan fingerprint density at radius 3 is 2.37 bits per heavy atom. The highest BCUT2D eigenvalue weighted by Gasteiger charge is 2.57. The van der Waals surface area contributed by atoms with Crippen molar-refractivity contribution in [1.29, 1.82) is 0 Å². The zero-order valence-electron chi connectivity index (χ0n) is 17.3. The van der Waals surface area contributed by atoms with Gasteiger partial charge in [-0.05, 0) is 61.1 Å². The number of hydrogen-bond acceptors (Lipinski definition) is 5.